The van der Waals surface area contributed by atoms with Crippen LogP contribution in [0.1, 0.15) is 22.8 Å². The van der Waals surface area contributed by atoms with Gasteiger partial charge in [-0.3, -0.25) is 4.79 Å². The number of fused-ring (bicyclic) bond motifs is 1. The summed E-state index contributed by atoms with van der Waals surface area (Å²) in [7, 11) is 0. The smallest absolute Gasteiger partial charge is 0.341 e. The van der Waals surface area contributed by atoms with E-state index in [-0.39, 0.29) is 5.78 Å². The van der Waals surface area contributed by atoms with Crippen LogP contribution in [0.25, 0.3) is 16.8 Å². The van der Waals surface area contributed by atoms with Crippen molar-refractivity contribution in [1.82, 2.24) is 0 Å². The Morgan fingerprint density at radius 1 is 1.00 bits per heavy atom. The summed E-state index contributed by atoms with van der Waals surface area (Å²) in [6.45, 7) is 1.98. The summed E-state index contributed by atoms with van der Waals surface area (Å²) >= 11 is 0. The van der Waals surface area contributed by atoms with Gasteiger partial charge in [0, 0.05) is 11.1 Å². The predicted octanol–water partition coefficient (Wildman–Crippen LogP) is 4.60. The van der Waals surface area contributed by atoms with Crippen LogP contribution in [-0.4, -0.2) is 30.1 Å². The highest BCUT2D eigenvalue weighted by Gasteiger charge is 2.09. The summed E-state index contributed by atoms with van der Waals surface area (Å²) in [6.07, 6.45) is 3.24. The number of allylic oxidation sites excluding steroid dienone is 1. The average molecular weight is 376 g/mol. The lowest BCUT2D eigenvalue weighted by Crippen LogP contribution is -2.09. The maximum absolute atomic E-state index is 12.6. The number of carboxylic acid groups (broad SMARTS) is 1. The quantitative estimate of drug-likeness (QED) is 0.459. The monoisotopic (exact) mass is 376 g/mol. The van der Waals surface area contributed by atoms with Crippen LogP contribution in [0.3, 0.4) is 0 Å². The van der Waals surface area contributed by atoms with E-state index >= 15 is 0 Å². The lowest BCUT2D eigenvalue weighted by atomic mass is 10.0. The molecule has 0 fully saturated rings. The maximum Gasteiger partial charge on any atom is 0.341 e. The Labute approximate surface area is 162 Å². The van der Waals surface area contributed by atoms with Crippen LogP contribution in [0.15, 0.2) is 66.7 Å². The average Bonchev–Trinajstić information content (AvgIpc) is 2.71. The first-order valence-electron chi connectivity index (χ1n) is 8.90. The van der Waals surface area contributed by atoms with E-state index in [1.165, 1.54) is 12.1 Å². The number of benzene rings is 3. The van der Waals surface area contributed by atoms with Crippen LogP contribution in [0.5, 0.6) is 11.5 Å². The van der Waals surface area contributed by atoms with Crippen molar-refractivity contribution in [3.63, 3.8) is 0 Å². The van der Waals surface area contributed by atoms with Crippen molar-refractivity contribution in [2.24, 2.45) is 0 Å². The zero-order valence-electron chi connectivity index (χ0n) is 15.4. The fourth-order valence-corrected chi connectivity index (χ4v) is 2.87. The highest BCUT2D eigenvalue weighted by molar-refractivity contribution is 6.08. The van der Waals surface area contributed by atoms with E-state index in [1.807, 2.05) is 43.3 Å². The Kier molecular flexibility index (Phi) is 6.07. The lowest BCUT2D eigenvalue weighted by molar-refractivity contribution is -0.139. The standard InChI is InChI=1S/C23H20O5/c1-2-27-22-13-10-16-6-3-4-9-19(16)20(22)11-12-21(24)17-7-5-8-18(14-17)28-15-23(25)26/h3-14H,2,15H2,1H3,(H,25,26)/b12-11+. The third-order valence-corrected chi connectivity index (χ3v) is 4.11. The molecule has 0 aliphatic rings. The molecular weight excluding hydrogens is 356 g/mol. The number of ketones is 1. The van der Waals surface area contributed by atoms with Gasteiger partial charge in [-0.15, -0.1) is 0 Å². The fraction of sp³-hybridized carbons (Fsp3) is 0.130. The van der Waals surface area contributed by atoms with Crippen LogP contribution < -0.4 is 9.47 Å². The van der Waals surface area contributed by atoms with E-state index in [2.05, 4.69) is 0 Å². The molecular formula is C23H20O5. The molecule has 0 aliphatic carbocycles. The molecule has 0 radical (unpaired) electrons. The zero-order chi connectivity index (χ0) is 19.9. The van der Waals surface area contributed by atoms with Crippen molar-refractivity contribution in [1.29, 1.82) is 0 Å². The highest BCUT2D eigenvalue weighted by atomic mass is 16.5. The van der Waals surface area contributed by atoms with Gasteiger partial charge in [0.2, 0.25) is 0 Å². The minimum absolute atomic E-state index is 0.212. The molecule has 0 saturated carbocycles. The largest absolute Gasteiger partial charge is 0.493 e. The van der Waals surface area contributed by atoms with Crippen LogP contribution >= 0.6 is 0 Å². The number of rotatable bonds is 8. The van der Waals surface area contributed by atoms with Gasteiger partial charge in [-0.25, -0.2) is 4.79 Å². The number of carbonyl (C=O) groups excluding carboxylic acids is 1. The molecule has 0 bridgehead atoms. The van der Waals surface area contributed by atoms with Crippen LogP contribution in [0, 0.1) is 0 Å². The van der Waals surface area contributed by atoms with Gasteiger partial charge in [0.25, 0.3) is 0 Å². The Balaban J connectivity index is 1.89. The van der Waals surface area contributed by atoms with Gasteiger partial charge in [-0.2, -0.15) is 0 Å². The Bertz CT molecular complexity index is 1040. The van der Waals surface area contributed by atoms with Crippen LogP contribution in [0.2, 0.25) is 0 Å². The lowest BCUT2D eigenvalue weighted by Gasteiger charge is -2.10. The van der Waals surface area contributed by atoms with Gasteiger partial charge >= 0.3 is 5.97 Å². The molecule has 0 heterocycles. The second-order valence-corrected chi connectivity index (χ2v) is 6.04. The van der Waals surface area contributed by atoms with Gasteiger partial charge in [0.1, 0.15) is 11.5 Å². The molecule has 0 spiro atoms. The fourth-order valence-electron chi connectivity index (χ4n) is 2.87. The molecule has 0 unspecified atom stereocenters. The maximum atomic E-state index is 12.6. The van der Waals surface area contributed by atoms with Gasteiger partial charge in [-0.05, 0) is 48.0 Å². The minimum atomic E-state index is -1.07. The molecule has 1 N–H and O–H groups in total. The van der Waals surface area contributed by atoms with E-state index in [0.717, 1.165) is 16.3 Å². The zero-order valence-corrected chi connectivity index (χ0v) is 15.4. The number of hydrogen-bond donors (Lipinski definition) is 1. The van der Waals surface area contributed by atoms with Crippen LogP contribution in [-0.2, 0) is 4.79 Å². The van der Waals surface area contributed by atoms with E-state index in [4.69, 9.17) is 14.6 Å². The molecule has 3 aromatic carbocycles. The second-order valence-electron chi connectivity index (χ2n) is 6.04. The SMILES string of the molecule is CCOc1ccc2ccccc2c1/C=C/C(=O)c1cccc(OCC(=O)O)c1. The molecule has 3 rings (SSSR count). The summed E-state index contributed by atoms with van der Waals surface area (Å²) < 4.78 is 10.9. The van der Waals surface area contributed by atoms with Crippen molar-refractivity contribution >= 4 is 28.6 Å². The molecule has 5 heteroatoms. The molecule has 142 valence electrons. The summed E-state index contributed by atoms with van der Waals surface area (Å²) in [5.74, 6) is -0.238. The topological polar surface area (TPSA) is 72.8 Å². The summed E-state index contributed by atoms with van der Waals surface area (Å²) in [5, 5.41) is 10.8. The normalized spacial score (nSPS) is 10.9. The van der Waals surface area contributed by atoms with E-state index in [1.54, 1.807) is 24.3 Å². The highest BCUT2D eigenvalue weighted by Crippen LogP contribution is 2.29. The molecule has 28 heavy (non-hydrogen) atoms. The van der Waals surface area contributed by atoms with Crippen molar-refractivity contribution in [3.05, 3.63) is 77.9 Å². The predicted molar refractivity (Wildman–Crippen MR) is 108 cm³/mol. The first-order chi connectivity index (χ1) is 13.6. The first-order valence-corrected chi connectivity index (χ1v) is 8.90. The Morgan fingerprint density at radius 3 is 2.61 bits per heavy atom. The van der Waals surface area contributed by atoms with Crippen molar-refractivity contribution < 1.29 is 24.2 Å². The van der Waals surface area contributed by atoms with E-state index in [9.17, 15) is 9.59 Å². The van der Waals surface area contributed by atoms with Crippen molar-refractivity contribution in [3.8, 4) is 11.5 Å². The molecule has 0 atom stereocenters. The van der Waals surface area contributed by atoms with Gasteiger partial charge < -0.3 is 14.6 Å². The molecule has 0 amide bonds. The van der Waals surface area contributed by atoms with E-state index in [0.29, 0.717) is 23.7 Å². The minimum Gasteiger partial charge on any atom is -0.493 e. The number of ether oxygens (including phenoxy) is 2. The molecule has 3 aromatic rings. The summed E-state index contributed by atoms with van der Waals surface area (Å²) in [5.41, 5.74) is 1.25. The molecule has 0 aliphatic heterocycles. The number of aliphatic carboxylic acids is 1. The van der Waals surface area contributed by atoms with Gasteiger partial charge in [0.15, 0.2) is 12.4 Å². The Morgan fingerprint density at radius 2 is 1.82 bits per heavy atom. The summed E-state index contributed by atoms with van der Waals surface area (Å²) in [6, 6.07) is 18.2. The second kappa shape index (κ2) is 8.86. The third-order valence-electron chi connectivity index (χ3n) is 4.11. The van der Waals surface area contributed by atoms with Gasteiger partial charge in [0.05, 0.1) is 6.61 Å². The van der Waals surface area contributed by atoms with E-state index < -0.39 is 12.6 Å². The third kappa shape index (κ3) is 4.57. The first kappa shape index (κ1) is 19.2. The van der Waals surface area contributed by atoms with Gasteiger partial charge in [-0.1, -0.05) is 42.5 Å². The number of carboxylic acids is 1. The molecule has 0 saturated heterocycles. The van der Waals surface area contributed by atoms with Crippen molar-refractivity contribution in [2.75, 3.05) is 13.2 Å². The Hall–Kier alpha value is -3.60. The number of hydrogen-bond acceptors (Lipinski definition) is 4. The molecule has 5 nitrogen and oxygen atoms in total. The summed E-state index contributed by atoms with van der Waals surface area (Å²) in [4.78, 5) is 23.2. The van der Waals surface area contributed by atoms with Crippen LogP contribution in [0.4, 0.5) is 0 Å². The molecule has 0 aromatic heterocycles. The van der Waals surface area contributed by atoms with Crippen molar-refractivity contribution in [2.45, 2.75) is 6.92 Å². The number of carbonyl (C=O) groups is 2.